The Labute approximate surface area is 174 Å². The van der Waals surface area contributed by atoms with Crippen LogP contribution >= 0.6 is 15.9 Å². The van der Waals surface area contributed by atoms with Crippen molar-refractivity contribution in [3.8, 4) is 11.6 Å². The highest BCUT2D eigenvalue weighted by atomic mass is 79.9. The Bertz CT molecular complexity index is 1200. The molecule has 29 heavy (non-hydrogen) atoms. The average molecular weight is 454 g/mol. The predicted octanol–water partition coefficient (Wildman–Crippen LogP) is 5.55. The molecule has 2 heterocycles. The first kappa shape index (κ1) is 18.9. The summed E-state index contributed by atoms with van der Waals surface area (Å²) < 4.78 is 8.94. The minimum Gasteiger partial charge on any atom is -0.435 e. The van der Waals surface area contributed by atoms with Crippen molar-refractivity contribution >= 4 is 38.8 Å². The minimum atomic E-state index is -0.436. The maximum atomic E-state index is 10.8. The predicted molar refractivity (Wildman–Crippen MR) is 113 cm³/mol. The molecular weight excluding hydrogens is 438 g/mol. The van der Waals surface area contributed by atoms with Crippen LogP contribution in [-0.4, -0.2) is 19.3 Å². The van der Waals surface area contributed by atoms with E-state index in [-0.39, 0.29) is 5.69 Å². The van der Waals surface area contributed by atoms with Crippen molar-refractivity contribution in [2.24, 2.45) is 0 Å². The molecule has 0 saturated heterocycles. The van der Waals surface area contributed by atoms with Crippen LogP contribution in [0.1, 0.15) is 11.1 Å². The zero-order chi connectivity index (χ0) is 20.5. The summed E-state index contributed by atoms with van der Waals surface area (Å²) in [6, 6.07) is 10.1. The second-order valence-corrected chi connectivity index (χ2v) is 7.40. The summed E-state index contributed by atoms with van der Waals surface area (Å²) in [6.07, 6.45) is 5.24. The van der Waals surface area contributed by atoms with Crippen LogP contribution in [0.4, 0.5) is 17.2 Å². The zero-order valence-corrected chi connectivity index (χ0v) is 17.2. The number of halogens is 1. The molecule has 0 spiro atoms. The number of nitrogens with one attached hydrogen (secondary N) is 1. The molecule has 0 aliphatic carbocycles. The summed E-state index contributed by atoms with van der Waals surface area (Å²) in [5.74, 6) is 1.60. The van der Waals surface area contributed by atoms with Gasteiger partial charge < -0.3 is 10.1 Å². The number of non-ortho nitro benzene ring substituents is 1. The van der Waals surface area contributed by atoms with Crippen molar-refractivity contribution < 1.29 is 9.66 Å². The summed E-state index contributed by atoms with van der Waals surface area (Å²) in [6.45, 7) is 3.93. The maximum absolute atomic E-state index is 10.8. The van der Waals surface area contributed by atoms with Gasteiger partial charge >= 0.3 is 0 Å². The summed E-state index contributed by atoms with van der Waals surface area (Å²) in [5.41, 5.74) is 3.22. The Balaban J connectivity index is 1.70. The van der Waals surface area contributed by atoms with Crippen LogP contribution in [-0.2, 0) is 0 Å². The topological polar surface area (TPSA) is 94.6 Å². The van der Waals surface area contributed by atoms with Crippen molar-refractivity contribution in [3.63, 3.8) is 0 Å². The molecule has 2 aromatic heterocycles. The minimum absolute atomic E-state index is 0.0267. The van der Waals surface area contributed by atoms with Crippen LogP contribution in [0.3, 0.4) is 0 Å². The van der Waals surface area contributed by atoms with E-state index in [0.717, 1.165) is 21.3 Å². The molecule has 0 saturated carbocycles. The van der Waals surface area contributed by atoms with Gasteiger partial charge in [0.25, 0.3) is 11.6 Å². The molecule has 0 radical (unpaired) electrons. The number of imidazole rings is 1. The van der Waals surface area contributed by atoms with Crippen LogP contribution in [0.25, 0.3) is 5.65 Å². The van der Waals surface area contributed by atoms with Crippen molar-refractivity contribution in [1.29, 1.82) is 0 Å². The third-order valence-corrected chi connectivity index (χ3v) is 4.78. The summed E-state index contributed by atoms with van der Waals surface area (Å²) in [4.78, 5) is 19.3. The Kier molecular flexibility index (Phi) is 4.89. The van der Waals surface area contributed by atoms with Crippen molar-refractivity contribution in [2.45, 2.75) is 13.8 Å². The quantitative estimate of drug-likeness (QED) is 0.314. The van der Waals surface area contributed by atoms with Gasteiger partial charge in [0.15, 0.2) is 5.82 Å². The highest BCUT2D eigenvalue weighted by Gasteiger charge is 2.14. The lowest BCUT2D eigenvalue weighted by Gasteiger charge is -2.14. The van der Waals surface area contributed by atoms with Gasteiger partial charge in [0, 0.05) is 34.7 Å². The van der Waals surface area contributed by atoms with E-state index in [1.807, 2.05) is 26.0 Å². The van der Waals surface area contributed by atoms with Gasteiger partial charge in [-0.05, 0) is 49.2 Å². The van der Waals surface area contributed by atoms with E-state index in [1.165, 1.54) is 12.1 Å². The molecular formula is C20H16BrN5O3. The number of rotatable bonds is 5. The molecule has 1 N–H and O–H groups in total. The fourth-order valence-electron chi connectivity index (χ4n) is 3.00. The highest BCUT2D eigenvalue weighted by Crippen LogP contribution is 2.33. The number of hydrogen-bond donors (Lipinski definition) is 1. The number of benzene rings is 2. The Morgan fingerprint density at radius 3 is 2.52 bits per heavy atom. The summed E-state index contributed by atoms with van der Waals surface area (Å²) in [7, 11) is 0. The van der Waals surface area contributed by atoms with Crippen molar-refractivity contribution in [2.75, 3.05) is 5.32 Å². The number of aromatic nitrogens is 3. The number of hydrogen-bond acceptors (Lipinski definition) is 6. The molecule has 8 nitrogen and oxygen atoms in total. The van der Waals surface area contributed by atoms with E-state index in [2.05, 4.69) is 31.2 Å². The highest BCUT2D eigenvalue weighted by molar-refractivity contribution is 9.10. The first-order chi connectivity index (χ1) is 13.9. The first-order valence-corrected chi connectivity index (χ1v) is 9.50. The molecule has 4 aromatic rings. The number of anilines is 2. The first-order valence-electron chi connectivity index (χ1n) is 8.70. The molecule has 0 aliphatic rings. The van der Waals surface area contributed by atoms with Gasteiger partial charge in [-0.25, -0.2) is 4.98 Å². The lowest BCUT2D eigenvalue weighted by Crippen LogP contribution is -2.01. The van der Waals surface area contributed by atoms with Gasteiger partial charge in [-0.3, -0.25) is 14.5 Å². The molecule has 0 fully saturated rings. The second-order valence-electron chi connectivity index (χ2n) is 6.49. The molecule has 0 bridgehead atoms. The molecule has 4 rings (SSSR count). The third-order valence-electron chi connectivity index (χ3n) is 4.32. The number of ether oxygens (including phenoxy) is 1. The van der Waals surface area contributed by atoms with E-state index in [1.54, 1.807) is 35.1 Å². The number of fused-ring (bicyclic) bond motifs is 1. The van der Waals surface area contributed by atoms with E-state index in [9.17, 15) is 10.1 Å². The van der Waals surface area contributed by atoms with Crippen LogP contribution in [0, 0.1) is 24.0 Å². The molecule has 2 aromatic carbocycles. The molecule has 0 amide bonds. The van der Waals surface area contributed by atoms with E-state index in [0.29, 0.717) is 23.0 Å². The lowest BCUT2D eigenvalue weighted by atomic mass is 10.1. The fourth-order valence-corrected chi connectivity index (χ4v) is 3.69. The van der Waals surface area contributed by atoms with Gasteiger partial charge in [0.05, 0.1) is 11.1 Å². The van der Waals surface area contributed by atoms with Crippen molar-refractivity contribution in [1.82, 2.24) is 14.4 Å². The van der Waals surface area contributed by atoms with Gasteiger partial charge in [-0.2, -0.15) is 4.98 Å². The summed E-state index contributed by atoms with van der Waals surface area (Å²) >= 11 is 3.49. The fraction of sp³-hybridized carbons (Fsp3) is 0.100. The van der Waals surface area contributed by atoms with Crippen LogP contribution < -0.4 is 10.1 Å². The molecule has 0 atom stereocenters. The van der Waals surface area contributed by atoms with Crippen LogP contribution in [0.5, 0.6) is 11.6 Å². The summed E-state index contributed by atoms with van der Waals surface area (Å²) in [5, 5.41) is 14.0. The van der Waals surface area contributed by atoms with E-state index in [4.69, 9.17) is 4.74 Å². The largest absolute Gasteiger partial charge is 0.435 e. The van der Waals surface area contributed by atoms with Crippen LogP contribution in [0.15, 0.2) is 59.5 Å². The normalized spacial score (nSPS) is 10.9. The lowest BCUT2D eigenvalue weighted by molar-refractivity contribution is -0.384. The Morgan fingerprint density at radius 2 is 1.86 bits per heavy atom. The number of nitro benzene ring substituents is 1. The number of nitrogens with zero attached hydrogens (tertiary/aromatic N) is 4. The monoisotopic (exact) mass is 453 g/mol. The Morgan fingerprint density at radius 1 is 1.17 bits per heavy atom. The van der Waals surface area contributed by atoms with Crippen molar-refractivity contribution in [3.05, 3.63) is 80.7 Å². The average Bonchev–Trinajstić information content (AvgIpc) is 3.13. The van der Waals surface area contributed by atoms with E-state index < -0.39 is 4.92 Å². The standard InChI is InChI=1S/C20H16BrN5O3/c1-12-9-14(21)10-13(2)18(12)29-20-19-22-7-8-25(19)11-17(24-20)23-15-3-5-16(6-4-15)26(27)28/h3-11,23H,1-2H3. The second kappa shape index (κ2) is 7.51. The molecule has 0 unspecified atom stereocenters. The molecule has 146 valence electrons. The maximum Gasteiger partial charge on any atom is 0.269 e. The van der Waals surface area contributed by atoms with Gasteiger partial charge in [-0.15, -0.1) is 0 Å². The van der Waals surface area contributed by atoms with Gasteiger partial charge in [0.2, 0.25) is 5.65 Å². The third kappa shape index (κ3) is 3.90. The number of nitro groups is 1. The SMILES string of the molecule is Cc1cc(Br)cc(C)c1Oc1nc(Nc2ccc([N+](=O)[O-])cc2)cn2ccnc12. The molecule has 0 aliphatic heterocycles. The Hall–Kier alpha value is -3.46. The van der Waals surface area contributed by atoms with Gasteiger partial charge in [0.1, 0.15) is 5.75 Å². The number of aryl methyl sites for hydroxylation is 2. The van der Waals surface area contributed by atoms with Gasteiger partial charge in [-0.1, -0.05) is 15.9 Å². The van der Waals surface area contributed by atoms with Crippen LogP contribution in [0.2, 0.25) is 0 Å². The smallest absolute Gasteiger partial charge is 0.269 e. The molecule has 9 heteroatoms. The zero-order valence-electron chi connectivity index (χ0n) is 15.6. The van der Waals surface area contributed by atoms with E-state index >= 15 is 0 Å².